The lowest BCUT2D eigenvalue weighted by atomic mass is 9.88. The van der Waals surface area contributed by atoms with Crippen LogP contribution < -0.4 is 17.2 Å². The summed E-state index contributed by atoms with van der Waals surface area (Å²) in [5.74, 6) is 1.70. The fourth-order valence-corrected chi connectivity index (χ4v) is 12.3. The number of anilines is 3. The first kappa shape index (κ1) is 73.3. The van der Waals surface area contributed by atoms with Crippen LogP contribution in [0.4, 0.5) is 23.1 Å². The van der Waals surface area contributed by atoms with Crippen molar-refractivity contribution in [2.24, 2.45) is 4.99 Å². The van der Waals surface area contributed by atoms with E-state index in [0.29, 0.717) is 35.6 Å². The number of fused-ring (bicyclic) bond motifs is 7. The zero-order valence-electron chi connectivity index (χ0n) is 58.4. The molecule has 16 rings (SSSR count). The van der Waals surface area contributed by atoms with Crippen LogP contribution in [0.2, 0.25) is 0 Å². The summed E-state index contributed by atoms with van der Waals surface area (Å²) in [7, 11) is 0. The summed E-state index contributed by atoms with van der Waals surface area (Å²) in [5, 5.41) is 23.7. The second-order valence-electron chi connectivity index (χ2n) is 21.4. The van der Waals surface area contributed by atoms with Crippen LogP contribution in [0.3, 0.4) is 0 Å². The number of nitrogens with zero attached hydrogens (tertiary/aromatic N) is 11. The number of aryl methyl sites for hydroxylation is 5. The van der Waals surface area contributed by atoms with Gasteiger partial charge in [0.25, 0.3) is 0 Å². The fourth-order valence-electron chi connectivity index (χ4n) is 12.3. The number of aliphatic imine (C=N–C) groups is 1. The second-order valence-corrected chi connectivity index (χ2v) is 21.4. The largest absolute Gasteiger partial charge is 0.383 e. The molecule has 8 heterocycles. The molecule has 7 aromatic heterocycles. The number of hydrogen-bond donors (Lipinski definition) is 4. The molecule has 0 fully saturated rings. The Bertz CT molecular complexity index is 4020. The number of para-hydroxylation sites is 1. The summed E-state index contributed by atoms with van der Waals surface area (Å²) in [5.41, 5.74) is 36.7. The summed E-state index contributed by atoms with van der Waals surface area (Å²) in [6.07, 6.45) is 21.5. The zero-order chi connectivity index (χ0) is 67.9. The maximum absolute atomic E-state index is 6.25. The third-order valence-corrected chi connectivity index (χ3v) is 16.3. The normalized spacial score (nSPS) is 14.7. The second kappa shape index (κ2) is 38.3. The van der Waals surface area contributed by atoms with Crippen LogP contribution in [-0.4, -0.2) is 60.7 Å². The lowest BCUT2D eigenvalue weighted by molar-refractivity contribution is 0.415. The molecular weight excluding hydrogens is 1160 g/mol. The summed E-state index contributed by atoms with van der Waals surface area (Å²) < 4.78 is 6.48. The molecule has 3 unspecified atom stereocenters. The molecule has 0 saturated heterocycles. The Morgan fingerprint density at radius 3 is 1.13 bits per heavy atom. The first-order valence-electron chi connectivity index (χ1n) is 34.4. The molecule has 494 valence electrons. The maximum atomic E-state index is 6.25. The minimum atomic E-state index is 0.340. The molecule has 3 atom stereocenters. The van der Waals surface area contributed by atoms with Gasteiger partial charge in [-0.15, -0.1) is 0 Å². The lowest BCUT2D eigenvalue weighted by Crippen LogP contribution is -2.19. The fraction of sp³-hybridized carbons (Fsp3) is 0.342. The van der Waals surface area contributed by atoms with Crippen molar-refractivity contribution in [1.82, 2.24) is 54.5 Å². The van der Waals surface area contributed by atoms with Crippen molar-refractivity contribution in [2.45, 2.75) is 179 Å². The van der Waals surface area contributed by atoms with Gasteiger partial charge < -0.3 is 17.2 Å². The first-order valence-corrected chi connectivity index (χ1v) is 34.4. The van der Waals surface area contributed by atoms with Crippen molar-refractivity contribution in [2.75, 3.05) is 17.2 Å². The number of rotatable bonds is 4. The smallest absolute Gasteiger partial charge is 0.135 e. The molecule has 15 nitrogen and oxygen atoms in total. The Morgan fingerprint density at radius 1 is 0.383 bits per heavy atom. The van der Waals surface area contributed by atoms with Gasteiger partial charge in [-0.2, -0.15) is 20.4 Å². The number of nitrogens with two attached hydrogens (primary N) is 3. The quantitative estimate of drug-likeness (QED) is 0.131. The Hall–Kier alpha value is -9.76. The number of H-pyrrole nitrogens is 1. The average Bonchev–Trinajstić information content (AvgIpc) is 1.67. The Balaban J connectivity index is 0.000000189. The maximum Gasteiger partial charge on any atom is 0.135 e. The van der Waals surface area contributed by atoms with E-state index in [1.165, 1.54) is 38.9 Å². The summed E-state index contributed by atoms with van der Waals surface area (Å²) in [6, 6.07) is 53.7. The van der Waals surface area contributed by atoms with Gasteiger partial charge in [-0.1, -0.05) is 204 Å². The van der Waals surface area contributed by atoms with Gasteiger partial charge in [0.2, 0.25) is 0 Å². The molecule has 0 saturated carbocycles. The van der Waals surface area contributed by atoms with Crippen molar-refractivity contribution in [3.63, 3.8) is 0 Å². The molecule has 5 aromatic carbocycles. The highest BCUT2D eigenvalue weighted by Crippen LogP contribution is 2.38. The van der Waals surface area contributed by atoms with Crippen LogP contribution >= 0.6 is 0 Å². The summed E-state index contributed by atoms with van der Waals surface area (Å²) in [4.78, 5) is 16.9. The van der Waals surface area contributed by atoms with Gasteiger partial charge in [0, 0.05) is 49.2 Å². The third-order valence-electron chi connectivity index (χ3n) is 16.3. The van der Waals surface area contributed by atoms with Gasteiger partial charge in [0.05, 0.1) is 67.9 Å². The van der Waals surface area contributed by atoms with Crippen LogP contribution in [0.15, 0.2) is 188 Å². The van der Waals surface area contributed by atoms with Crippen molar-refractivity contribution >= 4 is 62.1 Å². The zero-order valence-corrected chi connectivity index (χ0v) is 58.4. The van der Waals surface area contributed by atoms with Gasteiger partial charge in [-0.05, 0) is 141 Å². The number of hydrogen-bond acceptors (Lipinski definition) is 11. The van der Waals surface area contributed by atoms with Gasteiger partial charge in [0.15, 0.2) is 0 Å². The Labute approximate surface area is 559 Å². The van der Waals surface area contributed by atoms with E-state index >= 15 is 0 Å². The van der Waals surface area contributed by atoms with E-state index in [4.69, 9.17) is 32.5 Å². The highest BCUT2D eigenvalue weighted by Gasteiger charge is 2.27. The molecule has 0 radical (unpaired) electrons. The van der Waals surface area contributed by atoms with Crippen LogP contribution in [0, 0.1) is 13.8 Å². The summed E-state index contributed by atoms with van der Waals surface area (Å²) >= 11 is 0. The van der Waals surface area contributed by atoms with E-state index < -0.39 is 0 Å². The highest BCUT2D eigenvalue weighted by molar-refractivity contribution is 6.00. The van der Waals surface area contributed by atoms with E-state index in [2.05, 4.69) is 135 Å². The predicted octanol–water partition coefficient (Wildman–Crippen LogP) is 19.0. The molecule has 1 aliphatic heterocycles. The molecule has 0 bridgehead atoms. The molecule has 0 amide bonds. The molecule has 15 heteroatoms. The molecular formula is C79H103N15. The van der Waals surface area contributed by atoms with E-state index in [0.717, 1.165) is 125 Å². The van der Waals surface area contributed by atoms with Crippen molar-refractivity contribution < 1.29 is 0 Å². The molecule has 3 aliphatic carbocycles. The standard InChI is InChI=1S/C22H20N4.2C17H18N4.C8H7N.C3H4N2.6C2H6/c23-22-20-19(12-13-24-22)26(25-21(20)16-7-2-1-3-8-16)18-11-10-15-6-4-5-9-17(15)14-18;2*1-11-16-15(8-9-19-17(16)18)21(20-11)14-7-6-12-4-2-3-5-13(12)10-14;1-2-4-8-7(3-1)5-6-9-8;1-2-4-5-3-1;6*1-2/h1-9,12-13,18H,10-11,14H2,(H2,23,24);2*2-5,8-9,14H,6-7,10H2,1H3,(H2,18,19);1-4,6H,5H2;1-3H,(H,4,5);6*1-2H3. The molecule has 94 heavy (non-hydrogen) atoms. The highest BCUT2D eigenvalue weighted by atomic mass is 15.3. The van der Waals surface area contributed by atoms with Crippen molar-refractivity contribution in [3.8, 4) is 11.3 Å². The predicted molar refractivity (Wildman–Crippen MR) is 398 cm³/mol. The minimum absolute atomic E-state index is 0.340. The topological polar surface area (TPSA) is 211 Å². The van der Waals surface area contributed by atoms with Crippen molar-refractivity contribution in [1.29, 1.82) is 0 Å². The number of nitrogens with one attached hydrogen (secondary N) is 1. The van der Waals surface area contributed by atoms with Crippen LogP contribution in [0.25, 0.3) is 44.0 Å². The molecule has 0 spiro atoms. The van der Waals surface area contributed by atoms with Gasteiger partial charge in [-0.25, -0.2) is 15.0 Å². The first-order chi connectivity index (χ1) is 46.3. The third kappa shape index (κ3) is 17.9. The lowest BCUT2D eigenvalue weighted by Gasteiger charge is -2.25. The van der Waals surface area contributed by atoms with Crippen LogP contribution in [0.1, 0.15) is 171 Å². The number of aromatic amines is 1. The molecule has 12 aromatic rings. The van der Waals surface area contributed by atoms with E-state index in [9.17, 15) is 0 Å². The van der Waals surface area contributed by atoms with E-state index in [1.807, 2.05) is 164 Å². The number of pyridine rings is 3. The van der Waals surface area contributed by atoms with Gasteiger partial charge >= 0.3 is 0 Å². The summed E-state index contributed by atoms with van der Waals surface area (Å²) in [6.45, 7) is 28.0. The Morgan fingerprint density at radius 2 is 0.745 bits per heavy atom. The van der Waals surface area contributed by atoms with E-state index in [1.54, 1.807) is 31.0 Å². The molecule has 7 N–H and O–H groups in total. The van der Waals surface area contributed by atoms with E-state index in [-0.39, 0.29) is 0 Å². The number of benzene rings is 5. The monoisotopic (exact) mass is 1260 g/mol. The van der Waals surface area contributed by atoms with Crippen molar-refractivity contribution in [3.05, 3.63) is 233 Å². The molecule has 4 aliphatic rings. The average molecular weight is 1260 g/mol. The Kier molecular flexibility index (Phi) is 29.9. The van der Waals surface area contributed by atoms with Crippen LogP contribution in [0.5, 0.6) is 0 Å². The number of aromatic nitrogens is 11. The van der Waals surface area contributed by atoms with Crippen LogP contribution in [-0.2, 0) is 44.9 Å². The number of nitrogen functional groups attached to an aromatic ring is 3. The van der Waals surface area contributed by atoms with Gasteiger partial charge in [-0.3, -0.25) is 24.1 Å². The minimum Gasteiger partial charge on any atom is -0.383 e. The van der Waals surface area contributed by atoms with Gasteiger partial charge in [0.1, 0.15) is 23.1 Å². The SMILES string of the molecule is C1=Nc2ccccc2C1.CC.CC.CC.CC.CC.CC.Cc1nn(C2CCc3ccccc3C2)c2ccnc(N)c12.Cc1nn(C2CCc3ccccc3C2)c2ccnc(N)c12.Nc1nccc2c1c(-c1ccccc1)nn2C1CCc2ccccc2C1.c1cn[nH]c1.